The van der Waals surface area contributed by atoms with E-state index in [1.165, 1.54) is 0 Å². The van der Waals surface area contributed by atoms with E-state index in [9.17, 15) is 0 Å². The minimum absolute atomic E-state index is 0.192. The second kappa shape index (κ2) is 5.57. The number of aryl methyl sites for hydroxylation is 1. The molecule has 0 atom stereocenters. The smallest absolute Gasteiger partial charge is 0.238 e. The second-order valence-corrected chi connectivity index (χ2v) is 5.53. The Bertz CT molecular complexity index is 599. The number of rotatable bonds is 3. The number of nitrogen functional groups attached to an aromatic ring is 1. The van der Waals surface area contributed by atoms with Gasteiger partial charge < -0.3 is 10.5 Å². The molecule has 100 valence electrons. The van der Waals surface area contributed by atoms with Crippen molar-refractivity contribution >= 4 is 21.9 Å². The van der Waals surface area contributed by atoms with Gasteiger partial charge >= 0.3 is 0 Å². The van der Waals surface area contributed by atoms with Gasteiger partial charge in [0.15, 0.2) is 0 Å². The number of nitrogens with two attached hydrogens (primary N) is 1. The molecule has 2 N–H and O–H groups in total. The predicted octanol–water partition coefficient (Wildman–Crippen LogP) is 4.05. The maximum atomic E-state index is 5.89. The molecule has 1 heterocycles. The van der Waals surface area contributed by atoms with Crippen molar-refractivity contribution in [1.82, 2.24) is 9.97 Å². The van der Waals surface area contributed by atoms with E-state index < -0.39 is 0 Å². The summed E-state index contributed by atoms with van der Waals surface area (Å²) < 4.78 is 6.56. The Morgan fingerprint density at radius 3 is 2.74 bits per heavy atom. The van der Waals surface area contributed by atoms with Crippen LogP contribution < -0.4 is 10.5 Å². The minimum atomic E-state index is 0.192. The molecule has 0 bridgehead atoms. The van der Waals surface area contributed by atoms with Crippen molar-refractivity contribution in [2.24, 2.45) is 0 Å². The molecule has 19 heavy (non-hydrogen) atoms. The van der Waals surface area contributed by atoms with Crippen LogP contribution in [0.1, 0.15) is 30.9 Å². The average molecular weight is 322 g/mol. The van der Waals surface area contributed by atoms with E-state index in [4.69, 9.17) is 10.5 Å². The van der Waals surface area contributed by atoms with Crippen molar-refractivity contribution in [3.05, 3.63) is 40.0 Å². The number of halogens is 1. The van der Waals surface area contributed by atoms with Crippen molar-refractivity contribution in [2.75, 3.05) is 5.73 Å². The average Bonchev–Trinajstić information content (AvgIpc) is 2.33. The molecule has 2 rings (SSSR count). The van der Waals surface area contributed by atoms with Gasteiger partial charge in [-0.25, -0.2) is 4.98 Å². The van der Waals surface area contributed by atoms with Gasteiger partial charge in [0.05, 0.1) is 10.7 Å². The van der Waals surface area contributed by atoms with E-state index in [1.807, 2.05) is 13.0 Å². The van der Waals surface area contributed by atoms with Crippen LogP contribution in [-0.2, 0) is 0 Å². The fourth-order valence-electron chi connectivity index (χ4n) is 1.75. The van der Waals surface area contributed by atoms with Crippen LogP contribution in [0.2, 0.25) is 0 Å². The van der Waals surface area contributed by atoms with Crippen LogP contribution in [0.15, 0.2) is 28.9 Å². The third kappa shape index (κ3) is 3.23. The fraction of sp³-hybridized carbons (Fsp3) is 0.286. The van der Waals surface area contributed by atoms with Crippen molar-refractivity contribution < 1.29 is 4.74 Å². The zero-order chi connectivity index (χ0) is 14.0. The molecule has 0 saturated heterocycles. The van der Waals surface area contributed by atoms with Gasteiger partial charge in [-0.3, -0.25) is 0 Å². The van der Waals surface area contributed by atoms with Crippen molar-refractivity contribution in [3.63, 3.8) is 0 Å². The van der Waals surface area contributed by atoms with E-state index in [0.717, 1.165) is 16.9 Å². The highest BCUT2D eigenvalue weighted by Crippen LogP contribution is 2.33. The van der Waals surface area contributed by atoms with Gasteiger partial charge in [0, 0.05) is 0 Å². The topological polar surface area (TPSA) is 61.0 Å². The fourth-order valence-corrected chi connectivity index (χ4v) is 2.02. The largest absolute Gasteiger partial charge is 0.437 e. The lowest BCUT2D eigenvalue weighted by atomic mass is 10.0. The molecule has 0 aliphatic carbocycles. The number of ether oxygens (including phenoxy) is 1. The van der Waals surface area contributed by atoms with E-state index in [-0.39, 0.29) is 5.95 Å². The maximum absolute atomic E-state index is 5.89. The Morgan fingerprint density at radius 1 is 1.32 bits per heavy atom. The summed E-state index contributed by atoms with van der Waals surface area (Å²) in [5.41, 5.74) is 7.86. The number of aromatic nitrogens is 2. The third-order valence-electron chi connectivity index (χ3n) is 2.73. The summed E-state index contributed by atoms with van der Waals surface area (Å²) in [7, 11) is 0. The molecule has 0 spiro atoms. The Kier molecular flexibility index (Phi) is 4.04. The van der Waals surface area contributed by atoms with E-state index in [2.05, 4.69) is 51.9 Å². The van der Waals surface area contributed by atoms with Gasteiger partial charge in [-0.1, -0.05) is 26.0 Å². The first-order valence-electron chi connectivity index (χ1n) is 6.04. The van der Waals surface area contributed by atoms with Crippen molar-refractivity contribution in [1.29, 1.82) is 0 Å². The molecule has 1 aromatic carbocycles. The summed E-state index contributed by atoms with van der Waals surface area (Å²) >= 11 is 3.36. The Labute approximate surface area is 121 Å². The zero-order valence-corrected chi connectivity index (χ0v) is 12.7. The number of hydrogen-bond donors (Lipinski definition) is 1. The monoisotopic (exact) mass is 321 g/mol. The van der Waals surface area contributed by atoms with E-state index in [1.54, 1.807) is 6.20 Å². The molecule has 0 saturated carbocycles. The van der Waals surface area contributed by atoms with E-state index >= 15 is 0 Å². The molecule has 2 aromatic rings. The summed E-state index contributed by atoms with van der Waals surface area (Å²) in [4.78, 5) is 7.99. The molecule has 0 fully saturated rings. The van der Waals surface area contributed by atoms with Crippen molar-refractivity contribution in [3.8, 4) is 11.6 Å². The molecule has 5 heteroatoms. The number of anilines is 1. The maximum Gasteiger partial charge on any atom is 0.238 e. The van der Waals surface area contributed by atoms with Crippen LogP contribution in [0.3, 0.4) is 0 Å². The van der Waals surface area contributed by atoms with Gasteiger partial charge in [0.2, 0.25) is 11.8 Å². The number of hydrogen-bond acceptors (Lipinski definition) is 4. The normalized spacial score (nSPS) is 10.8. The molecule has 4 nitrogen and oxygen atoms in total. The SMILES string of the molecule is Cc1ccc(C(C)C)c(Oc2nc(N)ncc2Br)c1. The highest BCUT2D eigenvalue weighted by Gasteiger charge is 2.12. The standard InChI is InChI=1S/C14H16BrN3O/c1-8(2)10-5-4-9(3)6-12(10)19-13-11(15)7-17-14(16)18-13/h4-8H,1-3H3,(H2,16,17,18). The van der Waals surface area contributed by atoms with Gasteiger partial charge in [0.25, 0.3) is 0 Å². The van der Waals surface area contributed by atoms with Crippen molar-refractivity contribution in [2.45, 2.75) is 26.7 Å². The Hall–Kier alpha value is -1.62. The summed E-state index contributed by atoms with van der Waals surface area (Å²) in [5, 5.41) is 0. The summed E-state index contributed by atoms with van der Waals surface area (Å²) in [6, 6.07) is 6.15. The van der Waals surface area contributed by atoms with E-state index in [0.29, 0.717) is 16.3 Å². The summed E-state index contributed by atoms with van der Waals surface area (Å²) in [5.74, 6) is 1.79. The lowest BCUT2D eigenvalue weighted by Gasteiger charge is -2.14. The minimum Gasteiger partial charge on any atom is -0.437 e. The second-order valence-electron chi connectivity index (χ2n) is 4.68. The van der Waals surface area contributed by atoms with Gasteiger partial charge in [0.1, 0.15) is 5.75 Å². The molecule has 0 amide bonds. The van der Waals surface area contributed by atoms with Crippen LogP contribution >= 0.6 is 15.9 Å². The van der Waals surface area contributed by atoms with Crippen LogP contribution in [0.25, 0.3) is 0 Å². The zero-order valence-electron chi connectivity index (χ0n) is 11.1. The first kappa shape index (κ1) is 13.8. The predicted molar refractivity (Wildman–Crippen MR) is 79.5 cm³/mol. The Morgan fingerprint density at radius 2 is 2.05 bits per heavy atom. The quantitative estimate of drug-likeness (QED) is 0.926. The first-order chi connectivity index (χ1) is 8.97. The first-order valence-corrected chi connectivity index (χ1v) is 6.83. The molecule has 0 radical (unpaired) electrons. The molecule has 0 aliphatic rings. The lowest BCUT2D eigenvalue weighted by Crippen LogP contribution is -2.00. The van der Waals surface area contributed by atoms with Gasteiger partial charge in [-0.05, 0) is 46.0 Å². The van der Waals surface area contributed by atoms with Crippen LogP contribution in [0, 0.1) is 6.92 Å². The highest BCUT2D eigenvalue weighted by atomic mass is 79.9. The number of nitrogens with zero attached hydrogens (tertiary/aromatic N) is 2. The lowest BCUT2D eigenvalue weighted by molar-refractivity contribution is 0.450. The molecule has 0 aliphatic heterocycles. The molecule has 1 aromatic heterocycles. The Balaban J connectivity index is 2.42. The highest BCUT2D eigenvalue weighted by molar-refractivity contribution is 9.10. The van der Waals surface area contributed by atoms with Gasteiger partial charge in [-0.2, -0.15) is 4.98 Å². The number of benzene rings is 1. The molecular formula is C14H16BrN3O. The van der Waals surface area contributed by atoms with Crippen LogP contribution in [-0.4, -0.2) is 9.97 Å². The van der Waals surface area contributed by atoms with Crippen LogP contribution in [0.5, 0.6) is 11.6 Å². The van der Waals surface area contributed by atoms with Gasteiger partial charge in [-0.15, -0.1) is 0 Å². The molecular weight excluding hydrogens is 306 g/mol. The summed E-state index contributed by atoms with van der Waals surface area (Å²) in [6.45, 7) is 6.28. The molecule has 0 unspecified atom stereocenters. The third-order valence-corrected chi connectivity index (χ3v) is 3.27. The summed E-state index contributed by atoms with van der Waals surface area (Å²) in [6.07, 6.45) is 1.59. The van der Waals surface area contributed by atoms with Crippen LogP contribution in [0.4, 0.5) is 5.95 Å².